The number of morpholine rings is 1. The summed E-state index contributed by atoms with van der Waals surface area (Å²) < 4.78 is 33.2. The van der Waals surface area contributed by atoms with Gasteiger partial charge >= 0.3 is 5.97 Å². The van der Waals surface area contributed by atoms with Gasteiger partial charge in [-0.3, -0.25) is 0 Å². The molecule has 1 aromatic rings. The smallest absolute Gasteiger partial charge is 0.352 e. The van der Waals surface area contributed by atoms with Crippen LogP contribution in [0.15, 0.2) is 17.2 Å². The van der Waals surface area contributed by atoms with Crippen molar-refractivity contribution in [2.75, 3.05) is 19.7 Å². The highest BCUT2D eigenvalue weighted by Crippen LogP contribution is 2.24. The Morgan fingerprint density at radius 3 is 2.60 bits per heavy atom. The minimum atomic E-state index is -3.70. The van der Waals surface area contributed by atoms with Gasteiger partial charge in [0.25, 0.3) is 0 Å². The number of ether oxygens (including phenoxy) is 1. The standard InChI is InChI=1S/C12H18N2O5S/c1-12(2)8-14(4-5-19-12)20(17,18)9-6-10(11(15)16)13(3)7-9/h6-7H,4-5,8H2,1-3H3,(H,15,16). The first-order valence-electron chi connectivity index (χ1n) is 6.17. The van der Waals surface area contributed by atoms with Crippen molar-refractivity contribution in [3.63, 3.8) is 0 Å². The van der Waals surface area contributed by atoms with Crippen molar-refractivity contribution in [2.45, 2.75) is 24.3 Å². The van der Waals surface area contributed by atoms with Crippen LogP contribution in [0.2, 0.25) is 0 Å². The summed E-state index contributed by atoms with van der Waals surface area (Å²) in [6.45, 7) is 4.48. The number of carboxylic acid groups (broad SMARTS) is 1. The molecule has 1 fully saturated rings. The first-order chi connectivity index (χ1) is 9.13. The van der Waals surface area contributed by atoms with Crippen molar-refractivity contribution < 1.29 is 23.1 Å². The molecule has 0 radical (unpaired) electrons. The Labute approximate surface area is 117 Å². The predicted molar refractivity (Wildman–Crippen MR) is 71.2 cm³/mol. The van der Waals surface area contributed by atoms with Crippen LogP contribution in [0.3, 0.4) is 0 Å². The van der Waals surface area contributed by atoms with E-state index < -0.39 is 21.6 Å². The minimum absolute atomic E-state index is 0.00454. The summed E-state index contributed by atoms with van der Waals surface area (Å²) in [6.07, 6.45) is 1.32. The van der Waals surface area contributed by atoms with Crippen LogP contribution in [-0.2, 0) is 21.8 Å². The van der Waals surface area contributed by atoms with Gasteiger partial charge in [0.1, 0.15) is 10.6 Å². The second kappa shape index (κ2) is 4.87. The third kappa shape index (κ3) is 2.72. The molecule has 0 saturated carbocycles. The van der Waals surface area contributed by atoms with Gasteiger partial charge in [-0.25, -0.2) is 13.2 Å². The molecule has 0 amide bonds. The molecule has 112 valence electrons. The number of rotatable bonds is 3. The number of hydrogen-bond acceptors (Lipinski definition) is 4. The van der Waals surface area contributed by atoms with Crippen LogP contribution in [0.1, 0.15) is 24.3 Å². The lowest BCUT2D eigenvalue weighted by Crippen LogP contribution is -2.50. The molecular weight excluding hydrogens is 284 g/mol. The molecule has 0 atom stereocenters. The topological polar surface area (TPSA) is 88.8 Å². The van der Waals surface area contributed by atoms with Gasteiger partial charge in [0.15, 0.2) is 0 Å². The van der Waals surface area contributed by atoms with E-state index >= 15 is 0 Å². The normalized spacial score (nSPS) is 19.9. The summed E-state index contributed by atoms with van der Waals surface area (Å²) in [6, 6.07) is 1.18. The SMILES string of the molecule is Cn1cc(S(=O)(=O)N2CCOC(C)(C)C2)cc1C(=O)O. The van der Waals surface area contributed by atoms with Crippen molar-refractivity contribution >= 4 is 16.0 Å². The zero-order valence-corrected chi connectivity index (χ0v) is 12.5. The van der Waals surface area contributed by atoms with Crippen LogP contribution >= 0.6 is 0 Å². The summed E-state index contributed by atoms with van der Waals surface area (Å²) in [5.74, 6) is -1.16. The van der Waals surface area contributed by atoms with E-state index in [4.69, 9.17) is 9.84 Å². The number of carbonyl (C=O) groups is 1. The molecule has 0 aromatic carbocycles. The van der Waals surface area contributed by atoms with E-state index in [1.165, 1.54) is 28.2 Å². The van der Waals surface area contributed by atoms with Gasteiger partial charge in [0.05, 0.1) is 12.2 Å². The van der Waals surface area contributed by atoms with E-state index in [1.54, 1.807) is 0 Å². The fourth-order valence-corrected chi connectivity index (χ4v) is 3.86. The second-order valence-corrected chi connectivity index (χ2v) is 7.36. The van der Waals surface area contributed by atoms with E-state index in [0.717, 1.165) is 0 Å². The Kier molecular flexibility index (Phi) is 3.66. The maximum atomic E-state index is 12.5. The molecular formula is C12H18N2O5S. The Hall–Kier alpha value is -1.38. The van der Waals surface area contributed by atoms with Crippen LogP contribution in [0, 0.1) is 0 Å². The van der Waals surface area contributed by atoms with Crippen molar-refractivity contribution in [2.24, 2.45) is 7.05 Å². The fourth-order valence-electron chi connectivity index (χ4n) is 2.22. The highest BCUT2D eigenvalue weighted by molar-refractivity contribution is 7.89. The molecule has 20 heavy (non-hydrogen) atoms. The number of aromatic nitrogens is 1. The van der Waals surface area contributed by atoms with Crippen LogP contribution < -0.4 is 0 Å². The number of aromatic carboxylic acids is 1. The average Bonchev–Trinajstić information content (AvgIpc) is 2.70. The number of sulfonamides is 1. The van der Waals surface area contributed by atoms with Gasteiger partial charge in [0.2, 0.25) is 10.0 Å². The molecule has 0 unspecified atom stereocenters. The lowest BCUT2D eigenvalue weighted by Gasteiger charge is -2.37. The van der Waals surface area contributed by atoms with Gasteiger partial charge in [-0.1, -0.05) is 0 Å². The molecule has 0 aliphatic carbocycles. The third-order valence-corrected chi connectivity index (χ3v) is 5.04. The van der Waals surface area contributed by atoms with Crippen LogP contribution in [-0.4, -0.2) is 53.7 Å². The van der Waals surface area contributed by atoms with Crippen molar-refractivity contribution in [1.82, 2.24) is 8.87 Å². The van der Waals surface area contributed by atoms with E-state index in [1.807, 2.05) is 13.8 Å². The van der Waals surface area contributed by atoms with Gasteiger partial charge in [0, 0.05) is 26.3 Å². The third-order valence-electron chi connectivity index (χ3n) is 3.23. The maximum Gasteiger partial charge on any atom is 0.352 e. The molecule has 7 nitrogen and oxygen atoms in total. The number of hydrogen-bond donors (Lipinski definition) is 1. The van der Waals surface area contributed by atoms with Crippen molar-refractivity contribution in [1.29, 1.82) is 0 Å². The molecule has 8 heteroatoms. The zero-order chi connectivity index (χ0) is 15.1. The summed E-state index contributed by atoms with van der Waals surface area (Å²) in [5, 5.41) is 8.99. The van der Waals surface area contributed by atoms with Gasteiger partial charge in [-0.05, 0) is 19.9 Å². The molecule has 1 aliphatic heterocycles. The van der Waals surface area contributed by atoms with E-state index in [0.29, 0.717) is 6.61 Å². The van der Waals surface area contributed by atoms with Crippen molar-refractivity contribution in [3.8, 4) is 0 Å². The van der Waals surface area contributed by atoms with Crippen molar-refractivity contribution in [3.05, 3.63) is 18.0 Å². The average molecular weight is 302 g/mol. The van der Waals surface area contributed by atoms with E-state index in [-0.39, 0.29) is 23.7 Å². The number of nitrogens with zero attached hydrogens (tertiary/aromatic N) is 2. The van der Waals surface area contributed by atoms with Crippen LogP contribution in [0.5, 0.6) is 0 Å². The van der Waals surface area contributed by atoms with Gasteiger partial charge in [-0.2, -0.15) is 4.31 Å². The second-order valence-electron chi connectivity index (χ2n) is 5.42. The highest BCUT2D eigenvalue weighted by Gasteiger charge is 2.35. The lowest BCUT2D eigenvalue weighted by molar-refractivity contribution is -0.0640. The van der Waals surface area contributed by atoms with E-state index in [2.05, 4.69) is 0 Å². The molecule has 1 saturated heterocycles. The predicted octanol–water partition coefficient (Wildman–Crippen LogP) is 0.523. The monoisotopic (exact) mass is 302 g/mol. The number of carboxylic acids is 1. The summed E-state index contributed by atoms with van der Waals surface area (Å²) in [4.78, 5) is 11.0. The molecule has 0 spiro atoms. The maximum absolute atomic E-state index is 12.5. The summed E-state index contributed by atoms with van der Waals surface area (Å²) in [5.41, 5.74) is -0.605. The minimum Gasteiger partial charge on any atom is -0.477 e. The Morgan fingerprint density at radius 2 is 2.10 bits per heavy atom. The first-order valence-corrected chi connectivity index (χ1v) is 7.61. The fraction of sp³-hybridized carbons (Fsp3) is 0.583. The van der Waals surface area contributed by atoms with Crippen LogP contribution in [0.25, 0.3) is 0 Å². The highest BCUT2D eigenvalue weighted by atomic mass is 32.2. The van der Waals surface area contributed by atoms with Crippen LogP contribution in [0.4, 0.5) is 0 Å². The summed E-state index contributed by atoms with van der Waals surface area (Å²) >= 11 is 0. The van der Waals surface area contributed by atoms with E-state index in [9.17, 15) is 13.2 Å². The molecule has 2 rings (SSSR count). The Bertz CT molecular complexity index is 632. The van der Waals surface area contributed by atoms with Gasteiger partial charge in [-0.15, -0.1) is 0 Å². The molecule has 1 N–H and O–H groups in total. The molecule has 1 aromatic heterocycles. The molecule has 2 heterocycles. The Balaban J connectivity index is 2.35. The number of aryl methyl sites for hydroxylation is 1. The molecule has 1 aliphatic rings. The summed E-state index contributed by atoms with van der Waals surface area (Å²) in [7, 11) is -2.19. The Morgan fingerprint density at radius 1 is 1.45 bits per heavy atom. The largest absolute Gasteiger partial charge is 0.477 e. The first kappa shape index (κ1) is 15.0. The lowest BCUT2D eigenvalue weighted by atomic mass is 10.1. The zero-order valence-electron chi connectivity index (χ0n) is 11.7. The van der Waals surface area contributed by atoms with Gasteiger partial charge < -0.3 is 14.4 Å². The molecule has 0 bridgehead atoms. The quantitative estimate of drug-likeness (QED) is 0.879.